The monoisotopic (exact) mass is 270 g/mol. The van der Waals surface area contributed by atoms with Crippen molar-refractivity contribution in [2.75, 3.05) is 20.7 Å². The zero-order valence-corrected chi connectivity index (χ0v) is 11.5. The van der Waals surface area contributed by atoms with Crippen LogP contribution in [0.25, 0.3) is 0 Å². The van der Waals surface area contributed by atoms with E-state index in [9.17, 15) is 4.57 Å². The molecule has 4 nitrogen and oxygen atoms in total. The Morgan fingerprint density at radius 1 is 1.47 bits per heavy atom. The fourth-order valence-corrected chi connectivity index (χ4v) is 4.52. The predicted molar refractivity (Wildman–Crippen MR) is 72.2 cm³/mol. The fourth-order valence-electron chi connectivity index (χ4n) is 1.98. The number of hydrogen-bond donors (Lipinski definition) is 1. The molecule has 92 valence electrons. The lowest BCUT2D eigenvalue weighted by molar-refractivity contribution is 0.341. The summed E-state index contributed by atoms with van der Waals surface area (Å²) in [4.78, 5) is 0. The average molecular weight is 270 g/mol. The highest BCUT2D eigenvalue weighted by Crippen LogP contribution is 2.62. The van der Waals surface area contributed by atoms with Crippen molar-refractivity contribution >= 4 is 24.8 Å². The number of nitrogens with one attached hydrogen (secondary N) is 1. The highest BCUT2D eigenvalue weighted by Gasteiger charge is 2.43. The van der Waals surface area contributed by atoms with Gasteiger partial charge in [-0.2, -0.15) is 0 Å². The Morgan fingerprint density at radius 3 is 2.71 bits per heavy atom. The maximum atomic E-state index is 12.9. The molecule has 0 bridgehead atoms. The van der Waals surface area contributed by atoms with Crippen molar-refractivity contribution in [1.29, 1.82) is 0 Å². The summed E-state index contributed by atoms with van der Waals surface area (Å²) in [6.45, 7) is 0.540. The first-order chi connectivity index (χ1) is 8.09. The van der Waals surface area contributed by atoms with E-state index in [-0.39, 0.29) is 5.66 Å². The second-order valence-corrected chi connectivity index (χ2v) is 6.99. The van der Waals surface area contributed by atoms with Gasteiger partial charge in [-0.3, -0.25) is 9.24 Å². The lowest BCUT2D eigenvalue weighted by Gasteiger charge is -2.39. The predicted octanol–water partition coefficient (Wildman–Crippen LogP) is 2.39. The zero-order chi connectivity index (χ0) is 12.5. The van der Waals surface area contributed by atoms with E-state index in [1.165, 1.54) is 7.11 Å². The van der Waals surface area contributed by atoms with Gasteiger partial charge in [0.2, 0.25) is 0 Å². The number of benzene rings is 1. The van der Waals surface area contributed by atoms with E-state index in [4.69, 9.17) is 16.7 Å². The lowest BCUT2D eigenvalue weighted by Crippen LogP contribution is -2.44. The van der Waals surface area contributed by atoms with E-state index in [0.29, 0.717) is 11.7 Å². The van der Waals surface area contributed by atoms with Crippen LogP contribution in [0.3, 0.4) is 0 Å². The van der Waals surface area contributed by atoms with E-state index in [2.05, 4.69) is 5.32 Å². The van der Waals surface area contributed by atoms with Crippen LogP contribution in [-0.4, -0.2) is 30.5 Å². The minimum Gasteiger partial charge on any atom is -0.361 e. The molecule has 0 radical (unpaired) electrons. The smallest absolute Gasteiger partial charge is 0.306 e. The Bertz CT molecular complexity index is 466. The molecule has 2 atom stereocenters. The van der Waals surface area contributed by atoms with Crippen molar-refractivity contribution in [3.05, 3.63) is 35.9 Å². The van der Waals surface area contributed by atoms with Gasteiger partial charge in [0.25, 0.3) is 0 Å². The first-order valence-corrected chi connectivity index (χ1v) is 7.37. The normalized spacial score (nSPS) is 28.9. The first kappa shape index (κ1) is 12.6. The van der Waals surface area contributed by atoms with Crippen LogP contribution >= 0.6 is 19.7 Å². The number of thiocarbonyl (C=S) groups is 1. The first-order valence-electron chi connectivity index (χ1n) is 5.32. The number of rotatable bonds is 2. The van der Waals surface area contributed by atoms with Crippen LogP contribution in [0.15, 0.2) is 30.3 Å². The van der Waals surface area contributed by atoms with Crippen LogP contribution in [0.2, 0.25) is 0 Å². The van der Waals surface area contributed by atoms with E-state index < -0.39 is 7.52 Å². The quantitative estimate of drug-likeness (QED) is 0.660. The summed E-state index contributed by atoms with van der Waals surface area (Å²) in [6, 6.07) is 9.72. The number of hydrogen-bond acceptors (Lipinski definition) is 3. The van der Waals surface area contributed by atoms with E-state index in [1.807, 2.05) is 30.3 Å². The van der Waals surface area contributed by atoms with Gasteiger partial charge in [-0.15, -0.1) is 0 Å². The van der Waals surface area contributed by atoms with Gasteiger partial charge in [-0.05, 0) is 17.8 Å². The standard InChI is InChI=1S/C11H15N2O2PS/c1-13-11(17)12-8-10(16(13,14)15-2)9-6-4-3-5-7-9/h3-7,10H,8H2,1-2H3,(H,12,17). The van der Waals surface area contributed by atoms with Crippen LogP contribution in [0.4, 0.5) is 0 Å². The molecule has 0 aromatic heterocycles. The molecule has 1 aromatic carbocycles. The molecule has 0 amide bonds. The van der Waals surface area contributed by atoms with Crippen LogP contribution in [0.5, 0.6) is 0 Å². The summed E-state index contributed by atoms with van der Waals surface area (Å²) in [7, 11) is 0.233. The van der Waals surface area contributed by atoms with Gasteiger partial charge in [0.15, 0.2) is 5.11 Å². The Balaban J connectivity index is 2.41. The van der Waals surface area contributed by atoms with Crippen LogP contribution in [0, 0.1) is 0 Å². The van der Waals surface area contributed by atoms with Crippen molar-refractivity contribution < 1.29 is 9.09 Å². The molecule has 1 fully saturated rings. The van der Waals surface area contributed by atoms with Crippen molar-refractivity contribution in [3.8, 4) is 0 Å². The highest BCUT2D eigenvalue weighted by molar-refractivity contribution is 7.81. The fraction of sp³-hybridized carbons (Fsp3) is 0.364. The highest BCUT2D eigenvalue weighted by atomic mass is 32.1. The van der Waals surface area contributed by atoms with Crippen molar-refractivity contribution in [2.24, 2.45) is 0 Å². The van der Waals surface area contributed by atoms with Crippen molar-refractivity contribution in [1.82, 2.24) is 9.99 Å². The Morgan fingerprint density at radius 2 is 2.12 bits per heavy atom. The van der Waals surface area contributed by atoms with E-state index >= 15 is 0 Å². The van der Waals surface area contributed by atoms with Gasteiger partial charge in [0, 0.05) is 20.7 Å². The van der Waals surface area contributed by atoms with Crippen molar-refractivity contribution in [3.63, 3.8) is 0 Å². The van der Waals surface area contributed by atoms with Crippen molar-refractivity contribution in [2.45, 2.75) is 5.66 Å². The third-order valence-corrected chi connectivity index (χ3v) is 6.38. The molecule has 2 rings (SSSR count). The summed E-state index contributed by atoms with van der Waals surface area (Å²) in [5, 5.41) is 3.55. The minimum absolute atomic E-state index is 0.189. The minimum atomic E-state index is -2.94. The number of nitrogens with zero attached hydrogens (tertiary/aromatic N) is 1. The van der Waals surface area contributed by atoms with Crippen LogP contribution in [0.1, 0.15) is 11.2 Å². The van der Waals surface area contributed by atoms with Crippen LogP contribution < -0.4 is 5.32 Å². The maximum absolute atomic E-state index is 12.9. The second kappa shape index (κ2) is 4.77. The second-order valence-electron chi connectivity index (χ2n) is 3.88. The Kier molecular flexibility index (Phi) is 3.52. The van der Waals surface area contributed by atoms with Gasteiger partial charge in [-0.1, -0.05) is 30.3 Å². The van der Waals surface area contributed by atoms with Gasteiger partial charge in [0.1, 0.15) is 0 Å². The third kappa shape index (κ3) is 2.10. The molecule has 1 aromatic rings. The molecule has 0 aliphatic carbocycles. The molecule has 2 unspecified atom stereocenters. The molecular weight excluding hydrogens is 255 g/mol. The van der Waals surface area contributed by atoms with Gasteiger partial charge >= 0.3 is 7.52 Å². The molecule has 1 aliphatic heterocycles. The zero-order valence-electron chi connectivity index (χ0n) is 9.79. The van der Waals surface area contributed by atoms with Gasteiger partial charge in [-0.25, -0.2) is 0 Å². The van der Waals surface area contributed by atoms with Gasteiger partial charge in [0.05, 0.1) is 5.66 Å². The molecule has 6 heteroatoms. The lowest BCUT2D eigenvalue weighted by atomic mass is 10.1. The molecule has 0 saturated carbocycles. The summed E-state index contributed by atoms with van der Waals surface area (Å²) in [5.74, 6) is 0. The SMILES string of the molecule is COP1(=O)C(c2ccccc2)CNC(=S)N1C. The van der Waals surface area contributed by atoms with Crippen LogP contribution in [-0.2, 0) is 9.09 Å². The summed E-state index contributed by atoms with van der Waals surface area (Å²) >= 11 is 5.11. The van der Waals surface area contributed by atoms with E-state index in [0.717, 1.165) is 5.56 Å². The molecule has 1 aliphatic rings. The summed E-state index contributed by atoms with van der Waals surface area (Å²) < 4.78 is 19.7. The Hall–Kier alpha value is -0.900. The maximum Gasteiger partial charge on any atom is 0.306 e. The topological polar surface area (TPSA) is 41.6 Å². The molecule has 17 heavy (non-hydrogen) atoms. The Labute approximate surface area is 106 Å². The molecule has 1 N–H and O–H groups in total. The summed E-state index contributed by atoms with van der Waals surface area (Å²) in [5.41, 5.74) is 0.810. The molecule has 0 spiro atoms. The van der Waals surface area contributed by atoms with E-state index in [1.54, 1.807) is 11.7 Å². The largest absolute Gasteiger partial charge is 0.361 e. The summed E-state index contributed by atoms with van der Waals surface area (Å²) in [6.07, 6.45) is 0. The van der Waals surface area contributed by atoms with Gasteiger partial charge < -0.3 is 9.84 Å². The third-order valence-electron chi connectivity index (χ3n) is 3.00. The molecular formula is C11H15N2O2PS. The molecule has 1 saturated heterocycles. The molecule has 1 heterocycles. The average Bonchev–Trinajstić information content (AvgIpc) is 2.37.